The van der Waals surface area contributed by atoms with Gasteiger partial charge in [0.25, 0.3) is 0 Å². The van der Waals surface area contributed by atoms with Crippen molar-refractivity contribution in [1.82, 2.24) is 10.3 Å². The minimum Gasteiger partial charge on any atom is -0.375 e. The quantitative estimate of drug-likeness (QED) is 0.914. The topological polar surface area (TPSA) is 34.1 Å². The summed E-state index contributed by atoms with van der Waals surface area (Å²) in [6.07, 6.45) is 3.71. The molecule has 0 spiro atoms. The lowest BCUT2D eigenvalue weighted by Crippen LogP contribution is -2.31. The van der Waals surface area contributed by atoms with Crippen LogP contribution in [0, 0.1) is 0 Å². The van der Waals surface area contributed by atoms with Gasteiger partial charge < -0.3 is 10.1 Å². The van der Waals surface area contributed by atoms with Gasteiger partial charge >= 0.3 is 0 Å². The number of nitrogens with one attached hydrogen (secondary N) is 1. The number of ether oxygens (including phenoxy) is 1. The van der Waals surface area contributed by atoms with Crippen LogP contribution in [-0.2, 0) is 11.3 Å². The molecule has 2 aromatic rings. The maximum atomic E-state index is 5.67. The highest BCUT2D eigenvalue weighted by molar-refractivity contribution is 5.31. The van der Waals surface area contributed by atoms with Gasteiger partial charge in [0.2, 0.25) is 0 Å². The van der Waals surface area contributed by atoms with Crippen LogP contribution in [0.15, 0.2) is 48.8 Å². The smallest absolute Gasteiger partial charge is 0.0721 e. The lowest BCUT2D eigenvalue weighted by molar-refractivity contribution is 0.0791. The number of pyridine rings is 1. The predicted molar refractivity (Wildman–Crippen MR) is 74.6 cm³/mol. The normalized spacial score (nSPS) is 19.7. The van der Waals surface area contributed by atoms with Gasteiger partial charge in [-0.15, -0.1) is 0 Å². The summed E-state index contributed by atoms with van der Waals surface area (Å²) in [5.74, 6) is 0. The Kier molecular flexibility index (Phi) is 3.58. The molecule has 0 amide bonds. The van der Waals surface area contributed by atoms with Crippen LogP contribution in [0.2, 0.25) is 0 Å². The Morgan fingerprint density at radius 3 is 3.00 bits per heavy atom. The first-order valence-electron chi connectivity index (χ1n) is 6.66. The molecule has 0 bridgehead atoms. The molecule has 0 radical (unpaired) electrons. The van der Waals surface area contributed by atoms with Crippen LogP contribution in [0.1, 0.15) is 35.7 Å². The van der Waals surface area contributed by atoms with E-state index in [4.69, 9.17) is 4.74 Å². The Balaban J connectivity index is 1.78. The molecule has 19 heavy (non-hydrogen) atoms. The van der Waals surface area contributed by atoms with E-state index in [1.165, 1.54) is 16.7 Å². The highest BCUT2D eigenvalue weighted by Crippen LogP contribution is 2.26. The van der Waals surface area contributed by atoms with E-state index >= 15 is 0 Å². The summed E-state index contributed by atoms with van der Waals surface area (Å²) >= 11 is 0. The van der Waals surface area contributed by atoms with Crippen LogP contribution < -0.4 is 5.32 Å². The summed E-state index contributed by atoms with van der Waals surface area (Å²) in [6.45, 7) is 3.60. The van der Waals surface area contributed by atoms with Gasteiger partial charge in [-0.05, 0) is 29.7 Å². The summed E-state index contributed by atoms with van der Waals surface area (Å²) in [7, 11) is 0. The third-order valence-electron chi connectivity index (χ3n) is 3.61. The first-order chi connectivity index (χ1) is 9.34. The van der Waals surface area contributed by atoms with Crippen LogP contribution in [0.25, 0.3) is 0 Å². The monoisotopic (exact) mass is 254 g/mol. The second-order valence-electron chi connectivity index (χ2n) is 4.94. The molecule has 1 aliphatic heterocycles. The fourth-order valence-corrected chi connectivity index (χ4v) is 2.55. The zero-order valence-corrected chi connectivity index (χ0v) is 11.0. The van der Waals surface area contributed by atoms with Crippen molar-refractivity contribution in [1.29, 1.82) is 0 Å². The Hall–Kier alpha value is -1.71. The maximum absolute atomic E-state index is 5.67. The van der Waals surface area contributed by atoms with E-state index in [-0.39, 0.29) is 12.1 Å². The molecule has 1 aromatic carbocycles. The van der Waals surface area contributed by atoms with Crippen molar-refractivity contribution in [2.45, 2.75) is 25.6 Å². The number of aromatic nitrogens is 1. The maximum Gasteiger partial charge on any atom is 0.0721 e. The van der Waals surface area contributed by atoms with E-state index in [1.54, 1.807) is 6.20 Å². The fourth-order valence-electron chi connectivity index (χ4n) is 2.55. The third kappa shape index (κ3) is 2.67. The minimum absolute atomic E-state index is 0.250. The summed E-state index contributed by atoms with van der Waals surface area (Å²) in [4.78, 5) is 4.17. The summed E-state index contributed by atoms with van der Waals surface area (Å²) < 4.78 is 5.67. The summed E-state index contributed by atoms with van der Waals surface area (Å²) in [5, 5.41) is 3.63. The average Bonchev–Trinajstić information content (AvgIpc) is 2.48. The summed E-state index contributed by atoms with van der Waals surface area (Å²) in [6, 6.07) is 13.1. The van der Waals surface area contributed by atoms with E-state index < -0.39 is 0 Å². The fraction of sp³-hybridized carbons (Fsp3) is 0.312. The van der Waals surface area contributed by atoms with Crippen LogP contribution in [0.5, 0.6) is 0 Å². The van der Waals surface area contributed by atoms with E-state index in [1.807, 2.05) is 12.3 Å². The first kappa shape index (κ1) is 12.3. The third-order valence-corrected chi connectivity index (χ3v) is 3.61. The highest BCUT2D eigenvalue weighted by atomic mass is 16.5. The molecule has 1 N–H and O–H groups in total. The van der Waals surface area contributed by atoms with Crippen molar-refractivity contribution >= 4 is 0 Å². The molecule has 3 rings (SSSR count). The molecule has 2 heterocycles. The zero-order chi connectivity index (χ0) is 13.1. The Morgan fingerprint density at radius 1 is 1.26 bits per heavy atom. The molecular weight excluding hydrogens is 236 g/mol. The second-order valence-corrected chi connectivity index (χ2v) is 4.94. The van der Waals surface area contributed by atoms with E-state index in [0.717, 1.165) is 13.2 Å². The standard InChI is InChI=1S/C16H18N2O/c1-12(13-6-4-8-17-9-13)18-16-11-19-10-14-5-2-3-7-15(14)16/h2-9,12,16,18H,10-11H2,1H3/t12-,16?/m0/s1. The Bertz CT molecular complexity index is 541. The second kappa shape index (κ2) is 5.51. The SMILES string of the molecule is C[C@H](NC1COCc2ccccc21)c1cccnc1. The number of hydrogen-bond donors (Lipinski definition) is 1. The molecule has 3 heteroatoms. The van der Waals surface area contributed by atoms with Crippen molar-refractivity contribution in [3.63, 3.8) is 0 Å². The van der Waals surface area contributed by atoms with E-state index in [9.17, 15) is 0 Å². The van der Waals surface area contributed by atoms with E-state index in [2.05, 4.69) is 47.6 Å². The van der Waals surface area contributed by atoms with Crippen LogP contribution in [0.3, 0.4) is 0 Å². The van der Waals surface area contributed by atoms with Gasteiger partial charge in [-0.25, -0.2) is 0 Å². The van der Waals surface area contributed by atoms with Crippen molar-refractivity contribution in [3.05, 3.63) is 65.5 Å². The Morgan fingerprint density at radius 2 is 2.16 bits per heavy atom. The van der Waals surface area contributed by atoms with Crippen LogP contribution >= 0.6 is 0 Å². The lowest BCUT2D eigenvalue weighted by Gasteiger charge is -2.29. The van der Waals surface area contributed by atoms with Gasteiger partial charge in [0.05, 0.1) is 19.3 Å². The van der Waals surface area contributed by atoms with Crippen molar-refractivity contribution in [2.75, 3.05) is 6.61 Å². The number of nitrogens with zero attached hydrogens (tertiary/aromatic N) is 1. The Labute approximate surface area is 113 Å². The molecule has 1 unspecified atom stereocenters. The van der Waals surface area contributed by atoms with Gasteiger partial charge in [0.15, 0.2) is 0 Å². The van der Waals surface area contributed by atoms with Gasteiger partial charge in [-0.2, -0.15) is 0 Å². The van der Waals surface area contributed by atoms with Crippen molar-refractivity contribution in [3.8, 4) is 0 Å². The lowest BCUT2D eigenvalue weighted by atomic mass is 9.98. The molecule has 0 saturated carbocycles. The van der Waals surface area contributed by atoms with Gasteiger partial charge in [0, 0.05) is 18.4 Å². The predicted octanol–water partition coefficient (Wildman–Crippen LogP) is 3.00. The molecule has 98 valence electrons. The highest BCUT2D eigenvalue weighted by Gasteiger charge is 2.21. The van der Waals surface area contributed by atoms with Gasteiger partial charge in [0.1, 0.15) is 0 Å². The number of hydrogen-bond acceptors (Lipinski definition) is 3. The molecule has 1 aromatic heterocycles. The molecule has 2 atom stereocenters. The van der Waals surface area contributed by atoms with Gasteiger partial charge in [-0.1, -0.05) is 30.3 Å². The molecular formula is C16H18N2O. The van der Waals surface area contributed by atoms with Crippen LogP contribution in [-0.4, -0.2) is 11.6 Å². The molecule has 1 aliphatic rings. The molecule has 0 aliphatic carbocycles. The zero-order valence-electron chi connectivity index (χ0n) is 11.0. The molecule has 3 nitrogen and oxygen atoms in total. The number of fused-ring (bicyclic) bond motifs is 1. The van der Waals surface area contributed by atoms with Crippen LogP contribution in [0.4, 0.5) is 0 Å². The van der Waals surface area contributed by atoms with Crippen molar-refractivity contribution in [2.24, 2.45) is 0 Å². The number of rotatable bonds is 3. The average molecular weight is 254 g/mol. The molecule has 0 fully saturated rings. The largest absolute Gasteiger partial charge is 0.375 e. The van der Waals surface area contributed by atoms with Gasteiger partial charge in [-0.3, -0.25) is 4.98 Å². The number of benzene rings is 1. The minimum atomic E-state index is 0.250. The van der Waals surface area contributed by atoms with E-state index in [0.29, 0.717) is 0 Å². The van der Waals surface area contributed by atoms with Crippen molar-refractivity contribution < 1.29 is 4.74 Å². The summed E-state index contributed by atoms with van der Waals surface area (Å²) in [5.41, 5.74) is 3.83. The first-order valence-corrected chi connectivity index (χ1v) is 6.66. The molecule has 0 saturated heterocycles.